The highest BCUT2D eigenvalue weighted by molar-refractivity contribution is 6.33. The number of halogens is 2. The van der Waals surface area contributed by atoms with E-state index in [1.54, 1.807) is 17.8 Å². The van der Waals surface area contributed by atoms with Gasteiger partial charge in [0.05, 0.1) is 11.4 Å². The van der Waals surface area contributed by atoms with Crippen LogP contribution in [0.15, 0.2) is 18.2 Å². The lowest BCUT2D eigenvalue weighted by molar-refractivity contribution is 0.772. The maximum absolute atomic E-state index is 9.91. The van der Waals surface area contributed by atoms with Crippen LogP contribution in [0.5, 0.6) is 0 Å². The Labute approximate surface area is 177 Å². The van der Waals surface area contributed by atoms with E-state index in [1.807, 2.05) is 27.0 Å². The van der Waals surface area contributed by atoms with Gasteiger partial charge in [-0.1, -0.05) is 37.0 Å². The van der Waals surface area contributed by atoms with Gasteiger partial charge in [-0.15, -0.1) is 0 Å². The van der Waals surface area contributed by atoms with Gasteiger partial charge in [-0.3, -0.25) is 10.1 Å². The summed E-state index contributed by atoms with van der Waals surface area (Å²) < 4.78 is 1.66. The lowest BCUT2D eigenvalue weighted by Gasteiger charge is -2.30. The second kappa shape index (κ2) is 7.73. The molecule has 150 valence electrons. The quantitative estimate of drug-likeness (QED) is 0.161. The molecular weight excluding hydrogens is 413 g/mol. The van der Waals surface area contributed by atoms with E-state index in [0.29, 0.717) is 11.3 Å². The van der Waals surface area contributed by atoms with Crippen LogP contribution in [0.1, 0.15) is 31.0 Å². The number of aryl methyl sites for hydroxylation is 2. The molecule has 0 aliphatic heterocycles. The molecule has 0 atom stereocenters. The first-order valence-corrected chi connectivity index (χ1v) is 9.40. The number of rotatable bonds is 4. The molecule has 3 aromatic heterocycles. The monoisotopic (exact) mass is 431 g/mol. The van der Waals surface area contributed by atoms with Gasteiger partial charge in [0.15, 0.2) is 11.5 Å². The van der Waals surface area contributed by atoms with Crippen LogP contribution in [0.4, 0.5) is 11.5 Å². The molecule has 29 heavy (non-hydrogen) atoms. The first-order chi connectivity index (χ1) is 13.6. The summed E-state index contributed by atoms with van der Waals surface area (Å²) in [7, 11) is 1.79. The molecule has 3 aromatic rings. The van der Waals surface area contributed by atoms with E-state index in [2.05, 4.69) is 15.1 Å². The lowest BCUT2D eigenvalue weighted by atomic mass is 10.00. The van der Waals surface area contributed by atoms with Crippen LogP contribution < -0.4 is 15.8 Å². The number of hydrogen-bond donors (Lipinski definition) is 2. The minimum atomic E-state index is -0.418. The van der Waals surface area contributed by atoms with Gasteiger partial charge >= 0.3 is 0 Å². The number of nitrogens with zero attached hydrogens (tertiary/aromatic N) is 7. The van der Waals surface area contributed by atoms with Crippen molar-refractivity contribution in [2.24, 2.45) is 12.8 Å². The molecule has 0 aliphatic rings. The van der Waals surface area contributed by atoms with Gasteiger partial charge in [0.25, 0.3) is 0 Å². The summed E-state index contributed by atoms with van der Waals surface area (Å²) in [6.07, 6.45) is 2.03. The molecule has 0 amide bonds. The third-order valence-electron chi connectivity index (χ3n) is 4.34. The largest absolute Gasteiger partial charge is 0.368 e. The number of fused-ring (bicyclic) bond motifs is 1. The van der Waals surface area contributed by atoms with Gasteiger partial charge in [-0.25, -0.2) is 15.0 Å². The number of nitrogens with two attached hydrogens (primary N) is 1. The van der Waals surface area contributed by atoms with Crippen LogP contribution in [0.3, 0.4) is 0 Å². The van der Waals surface area contributed by atoms with Crippen molar-refractivity contribution >= 4 is 51.7 Å². The van der Waals surface area contributed by atoms with Crippen LogP contribution in [0.25, 0.3) is 11.0 Å². The smallest absolute Gasteiger partial charge is 0.213 e. The Morgan fingerprint density at radius 3 is 2.38 bits per heavy atom. The Balaban J connectivity index is 2.25. The zero-order valence-corrected chi connectivity index (χ0v) is 17.8. The van der Waals surface area contributed by atoms with Gasteiger partial charge in [0.2, 0.25) is 12.2 Å². The van der Waals surface area contributed by atoms with Crippen molar-refractivity contribution in [3.05, 3.63) is 39.8 Å². The van der Waals surface area contributed by atoms with Gasteiger partial charge < -0.3 is 5.73 Å². The van der Waals surface area contributed by atoms with E-state index < -0.39 is 5.96 Å². The first kappa shape index (κ1) is 20.6. The van der Waals surface area contributed by atoms with Gasteiger partial charge in [0, 0.05) is 24.6 Å². The minimum Gasteiger partial charge on any atom is -0.368 e. The van der Waals surface area contributed by atoms with E-state index in [1.165, 1.54) is 12.1 Å². The molecule has 0 radical (unpaired) electrons. The van der Waals surface area contributed by atoms with Crippen molar-refractivity contribution in [2.75, 3.05) is 10.0 Å². The fourth-order valence-electron chi connectivity index (χ4n) is 3.16. The molecule has 9 nitrogen and oxygen atoms in total. The van der Waals surface area contributed by atoms with Crippen LogP contribution in [0.2, 0.25) is 10.3 Å². The van der Waals surface area contributed by atoms with Crippen molar-refractivity contribution in [2.45, 2.75) is 26.7 Å². The fraction of sp³-hybridized carbons (Fsp3) is 0.278. The molecule has 0 fully saturated rings. The van der Waals surface area contributed by atoms with E-state index >= 15 is 0 Å². The van der Waals surface area contributed by atoms with E-state index in [-0.39, 0.29) is 22.0 Å². The maximum atomic E-state index is 9.91. The summed E-state index contributed by atoms with van der Waals surface area (Å²) in [5.74, 6) is 0.0170. The predicted molar refractivity (Wildman–Crippen MR) is 114 cm³/mol. The van der Waals surface area contributed by atoms with Crippen LogP contribution >= 0.6 is 23.2 Å². The fourth-order valence-corrected chi connectivity index (χ4v) is 3.61. The Bertz CT molecular complexity index is 1130. The third-order valence-corrected chi connectivity index (χ3v) is 4.73. The number of nitrogens with one attached hydrogen (secondary N) is 1. The lowest BCUT2D eigenvalue weighted by Crippen LogP contribution is -2.48. The minimum absolute atomic E-state index is 0.102. The molecule has 0 bridgehead atoms. The van der Waals surface area contributed by atoms with Crippen molar-refractivity contribution in [3.8, 4) is 6.19 Å². The molecule has 0 aromatic carbocycles. The summed E-state index contributed by atoms with van der Waals surface area (Å²) in [6.45, 7) is 6.01. The average Bonchev–Trinajstić information content (AvgIpc) is 2.91. The van der Waals surface area contributed by atoms with Crippen molar-refractivity contribution in [1.29, 1.82) is 10.7 Å². The Kier molecular flexibility index (Phi) is 5.50. The molecule has 0 saturated heterocycles. The number of anilines is 2. The second-order valence-electron chi connectivity index (χ2n) is 6.71. The van der Waals surface area contributed by atoms with E-state index in [4.69, 9.17) is 34.3 Å². The Morgan fingerprint density at radius 1 is 1.24 bits per heavy atom. The number of nitriles is 1. The van der Waals surface area contributed by atoms with Crippen molar-refractivity contribution in [1.82, 2.24) is 19.7 Å². The second-order valence-corrected chi connectivity index (χ2v) is 7.49. The maximum Gasteiger partial charge on any atom is 0.213 e. The molecule has 3 N–H and O–H groups in total. The molecule has 3 heterocycles. The number of pyridine rings is 2. The van der Waals surface area contributed by atoms with E-state index in [9.17, 15) is 5.26 Å². The Morgan fingerprint density at radius 2 is 1.86 bits per heavy atom. The zero-order valence-electron chi connectivity index (χ0n) is 16.3. The topological polar surface area (TPSA) is 124 Å². The van der Waals surface area contributed by atoms with Gasteiger partial charge in [0.1, 0.15) is 10.3 Å². The van der Waals surface area contributed by atoms with Crippen molar-refractivity contribution < 1.29 is 0 Å². The molecule has 0 aliphatic carbocycles. The number of hydrazine groups is 1. The van der Waals surface area contributed by atoms with Crippen molar-refractivity contribution in [3.63, 3.8) is 0 Å². The highest BCUT2D eigenvalue weighted by Crippen LogP contribution is 2.32. The highest BCUT2D eigenvalue weighted by Gasteiger charge is 2.25. The van der Waals surface area contributed by atoms with Gasteiger partial charge in [-0.05, 0) is 24.5 Å². The number of guanidine groups is 1. The van der Waals surface area contributed by atoms with Crippen LogP contribution in [-0.4, -0.2) is 25.7 Å². The standard InChI is InChI=1S/C18H19Cl2N9/c1-9(2)12-7-15(25-17-16(12)10(3)26-27(17)4)28(8-21)29(18(22)23)11-5-13(19)24-14(20)6-11/h5-7,9H,1-4H3,(H3,22,23). The molecule has 0 spiro atoms. The molecule has 0 unspecified atom stereocenters. The number of aromatic nitrogens is 4. The first-order valence-electron chi connectivity index (χ1n) is 8.65. The predicted octanol–water partition coefficient (Wildman–Crippen LogP) is 3.70. The normalized spacial score (nSPS) is 11.0. The average molecular weight is 432 g/mol. The molecule has 0 saturated carbocycles. The van der Waals surface area contributed by atoms with Gasteiger partial charge in [-0.2, -0.15) is 15.4 Å². The molecular formula is C18H19Cl2N9. The third kappa shape index (κ3) is 3.77. The summed E-state index contributed by atoms with van der Waals surface area (Å²) in [5.41, 5.74) is 8.55. The molecule has 3 rings (SSSR count). The SMILES string of the molecule is Cc1nn(C)c2nc(N(C#N)N(C(=N)N)c3cc(Cl)nc(Cl)c3)cc(C(C)C)c12. The summed E-state index contributed by atoms with van der Waals surface area (Å²) in [5, 5.41) is 25.8. The van der Waals surface area contributed by atoms with Crippen LogP contribution in [0, 0.1) is 23.8 Å². The summed E-state index contributed by atoms with van der Waals surface area (Å²) in [4.78, 5) is 8.50. The zero-order chi connectivity index (χ0) is 21.5. The van der Waals surface area contributed by atoms with E-state index in [0.717, 1.165) is 26.7 Å². The Hall–Kier alpha value is -3.09. The summed E-state index contributed by atoms with van der Waals surface area (Å²) in [6, 6.07) is 4.70. The van der Waals surface area contributed by atoms with Crippen LogP contribution in [-0.2, 0) is 7.05 Å². The summed E-state index contributed by atoms with van der Waals surface area (Å²) >= 11 is 12.0. The highest BCUT2D eigenvalue weighted by atomic mass is 35.5. The molecule has 11 heteroatoms. The number of hydrogen-bond acceptors (Lipinski definition) is 6.